The maximum Gasteiger partial charge on any atom is 0.275 e. The van der Waals surface area contributed by atoms with E-state index in [1.165, 1.54) is 12.4 Å². The molecule has 7 nitrogen and oxygen atoms in total. The largest absolute Gasteiger partial charge is 0.497 e. The highest BCUT2D eigenvalue weighted by molar-refractivity contribution is 6.30. The van der Waals surface area contributed by atoms with Gasteiger partial charge in [0.15, 0.2) is 0 Å². The molecule has 3 rings (SSSR count). The minimum absolute atomic E-state index is 0.208. The van der Waals surface area contributed by atoms with Gasteiger partial charge in [-0.1, -0.05) is 17.7 Å². The van der Waals surface area contributed by atoms with E-state index in [4.69, 9.17) is 21.1 Å². The Hall–Kier alpha value is -3.32. The Balaban J connectivity index is 1.45. The van der Waals surface area contributed by atoms with Crippen LogP contribution in [0.15, 0.2) is 60.9 Å². The Labute approximate surface area is 167 Å². The Kier molecular flexibility index (Phi) is 6.64. The summed E-state index contributed by atoms with van der Waals surface area (Å²) in [5, 5.41) is 6.35. The predicted octanol–water partition coefficient (Wildman–Crippen LogP) is 3.88. The fourth-order valence-corrected chi connectivity index (χ4v) is 2.51. The Morgan fingerprint density at radius 3 is 2.54 bits per heavy atom. The maximum absolute atomic E-state index is 12.2. The zero-order valence-corrected chi connectivity index (χ0v) is 15.9. The van der Waals surface area contributed by atoms with E-state index in [2.05, 4.69) is 20.6 Å². The first-order valence-electron chi connectivity index (χ1n) is 8.54. The quantitative estimate of drug-likeness (QED) is 0.560. The second kappa shape index (κ2) is 9.57. The lowest BCUT2D eigenvalue weighted by Gasteiger charge is -2.09. The van der Waals surface area contributed by atoms with Gasteiger partial charge in [-0.2, -0.15) is 0 Å². The van der Waals surface area contributed by atoms with Crippen molar-refractivity contribution in [2.75, 3.05) is 30.9 Å². The third-order valence-corrected chi connectivity index (χ3v) is 3.94. The van der Waals surface area contributed by atoms with Crippen LogP contribution in [0.4, 0.5) is 11.5 Å². The highest BCUT2D eigenvalue weighted by Crippen LogP contribution is 2.17. The van der Waals surface area contributed by atoms with Crippen LogP contribution < -0.4 is 20.1 Å². The maximum atomic E-state index is 12.2. The summed E-state index contributed by atoms with van der Waals surface area (Å²) < 4.78 is 10.7. The highest BCUT2D eigenvalue weighted by Gasteiger charge is 2.08. The highest BCUT2D eigenvalue weighted by atomic mass is 35.5. The van der Waals surface area contributed by atoms with Gasteiger partial charge in [0.05, 0.1) is 26.0 Å². The van der Waals surface area contributed by atoms with Crippen LogP contribution in [0.2, 0.25) is 5.02 Å². The number of carbonyl (C=O) groups is 1. The van der Waals surface area contributed by atoms with Crippen molar-refractivity contribution in [2.24, 2.45) is 0 Å². The number of anilines is 2. The molecule has 0 saturated carbocycles. The first-order valence-corrected chi connectivity index (χ1v) is 8.91. The fourth-order valence-electron chi connectivity index (χ4n) is 2.32. The molecule has 0 radical (unpaired) electrons. The zero-order valence-electron chi connectivity index (χ0n) is 15.2. The van der Waals surface area contributed by atoms with Crippen molar-refractivity contribution in [3.05, 3.63) is 71.6 Å². The molecular formula is C20H19ClN4O3. The number of halogens is 1. The van der Waals surface area contributed by atoms with Crippen LogP contribution in [-0.4, -0.2) is 36.1 Å². The van der Waals surface area contributed by atoms with Crippen LogP contribution >= 0.6 is 11.6 Å². The first kappa shape index (κ1) is 19.4. The molecule has 1 amide bonds. The Morgan fingerprint density at radius 1 is 1.07 bits per heavy atom. The van der Waals surface area contributed by atoms with Crippen molar-refractivity contribution in [1.29, 1.82) is 0 Å². The third kappa shape index (κ3) is 5.59. The van der Waals surface area contributed by atoms with Crippen LogP contribution in [-0.2, 0) is 0 Å². The number of aromatic nitrogens is 2. The molecule has 0 bridgehead atoms. The van der Waals surface area contributed by atoms with Crippen molar-refractivity contribution < 1.29 is 14.3 Å². The second-order valence-electron chi connectivity index (χ2n) is 5.70. The smallest absolute Gasteiger partial charge is 0.275 e. The van der Waals surface area contributed by atoms with Gasteiger partial charge in [-0.3, -0.25) is 4.79 Å². The number of hydrogen-bond donors (Lipinski definition) is 2. The molecule has 28 heavy (non-hydrogen) atoms. The van der Waals surface area contributed by atoms with E-state index in [1.54, 1.807) is 31.4 Å². The average Bonchev–Trinajstić information content (AvgIpc) is 2.72. The van der Waals surface area contributed by atoms with Crippen molar-refractivity contribution in [3.63, 3.8) is 0 Å². The number of benzene rings is 2. The number of nitrogens with zero attached hydrogens (tertiary/aromatic N) is 2. The average molecular weight is 399 g/mol. The van der Waals surface area contributed by atoms with Crippen molar-refractivity contribution in [3.8, 4) is 11.5 Å². The van der Waals surface area contributed by atoms with Crippen LogP contribution in [0.5, 0.6) is 11.5 Å². The predicted molar refractivity (Wildman–Crippen MR) is 108 cm³/mol. The Bertz CT molecular complexity index is 917. The molecule has 3 aromatic rings. The fraction of sp³-hybridized carbons (Fsp3) is 0.150. The van der Waals surface area contributed by atoms with E-state index >= 15 is 0 Å². The lowest BCUT2D eigenvalue weighted by molar-refractivity contribution is 0.102. The Morgan fingerprint density at radius 2 is 1.86 bits per heavy atom. The lowest BCUT2D eigenvalue weighted by atomic mass is 10.3. The molecule has 1 aromatic heterocycles. The SMILES string of the molecule is COc1ccc(OCCNc2cnc(C(=O)Nc3cccc(Cl)c3)cn2)cc1. The summed E-state index contributed by atoms with van der Waals surface area (Å²) in [6.07, 6.45) is 2.91. The van der Waals surface area contributed by atoms with Crippen molar-refractivity contribution in [1.82, 2.24) is 9.97 Å². The number of amides is 1. The summed E-state index contributed by atoms with van der Waals surface area (Å²) in [5.41, 5.74) is 0.803. The molecule has 0 aliphatic rings. The van der Waals surface area contributed by atoms with Gasteiger partial charge in [-0.15, -0.1) is 0 Å². The summed E-state index contributed by atoms with van der Waals surface area (Å²) >= 11 is 5.90. The molecule has 2 N–H and O–H groups in total. The molecule has 0 aliphatic carbocycles. The van der Waals surface area contributed by atoms with Gasteiger partial charge in [0.1, 0.15) is 29.6 Å². The minimum atomic E-state index is -0.357. The lowest BCUT2D eigenvalue weighted by Crippen LogP contribution is -2.16. The summed E-state index contributed by atoms with van der Waals surface area (Å²) in [5.74, 6) is 1.73. The third-order valence-electron chi connectivity index (χ3n) is 3.70. The van der Waals surface area contributed by atoms with E-state index in [9.17, 15) is 4.79 Å². The molecule has 0 fully saturated rings. The van der Waals surface area contributed by atoms with Gasteiger partial charge in [0, 0.05) is 10.7 Å². The van der Waals surface area contributed by atoms with Crippen molar-refractivity contribution in [2.45, 2.75) is 0 Å². The van der Waals surface area contributed by atoms with Crippen molar-refractivity contribution >= 4 is 29.0 Å². The summed E-state index contributed by atoms with van der Waals surface area (Å²) in [6, 6.07) is 14.2. The number of hydrogen-bond acceptors (Lipinski definition) is 6. The van der Waals surface area contributed by atoms with E-state index in [0.717, 1.165) is 11.5 Å². The zero-order chi connectivity index (χ0) is 19.8. The van der Waals surface area contributed by atoms with E-state index in [-0.39, 0.29) is 11.6 Å². The molecule has 0 aliphatic heterocycles. The van der Waals surface area contributed by atoms with Gasteiger partial charge >= 0.3 is 0 Å². The summed E-state index contributed by atoms with van der Waals surface area (Å²) in [4.78, 5) is 20.5. The topological polar surface area (TPSA) is 85.4 Å². The van der Waals surface area contributed by atoms with Crippen LogP contribution in [0.1, 0.15) is 10.5 Å². The summed E-state index contributed by atoms with van der Waals surface area (Å²) in [7, 11) is 1.62. The van der Waals surface area contributed by atoms with Crippen LogP contribution in [0.25, 0.3) is 0 Å². The van der Waals surface area contributed by atoms with Gasteiger partial charge in [0.2, 0.25) is 0 Å². The van der Waals surface area contributed by atoms with Crippen LogP contribution in [0, 0.1) is 0 Å². The van der Waals surface area contributed by atoms with Gasteiger partial charge in [-0.05, 0) is 42.5 Å². The van der Waals surface area contributed by atoms with E-state index in [1.807, 2.05) is 24.3 Å². The van der Waals surface area contributed by atoms with Gasteiger partial charge in [-0.25, -0.2) is 9.97 Å². The second-order valence-corrected chi connectivity index (χ2v) is 6.14. The molecule has 8 heteroatoms. The molecule has 144 valence electrons. The number of nitrogens with one attached hydrogen (secondary N) is 2. The molecular weight excluding hydrogens is 380 g/mol. The van der Waals surface area contributed by atoms with E-state index < -0.39 is 0 Å². The minimum Gasteiger partial charge on any atom is -0.497 e. The van der Waals surface area contributed by atoms with Gasteiger partial charge in [0.25, 0.3) is 5.91 Å². The number of carbonyl (C=O) groups excluding carboxylic acids is 1. The molecule has 0 atom stereocenters. The van der Waals surface area contributed by atoms with E-state index in [0.29, 0.717) is 29.7 Å². The number of methoxy groups -OCH3 is 1. The molecule has 0 unspecified atom stereocenters. The molecule has 0 saturated heterocycles. The number of rotatable bonds is 8. The summed E-state index contributed by atoms with van der Waals surface area (Å²) in [6.45, 7) is 0.986. The number of ether oxygens (including phenoxy) is 2. The molecule has 2 aromatic carbocycles. The normalized spacial score (nSPS) is 10.2. The van der Waals surface area contributed by atoms with Gasteiger partial charge < -0.3 is 20.1 Å². The standard InChI is InChI=1S/C20H19ClN4O3/c1-27-16-5-7-17(8-6-16)28-10-9-22-19-13-23-18(12-24-19)20(26)25-15-4-2-3-14(21)11-15/h2-8,11-13H,9-10H2,1H3,(H,22,24)(H,25,26). The molecule has 0 spiro atoms. The first-order chi connectivity index (χ1) is 13.6. The van der Waals surface area contributed by atoms with Crippen LogP contribution in [0.3, 0.4) is 0 Å². The molecule has 1 heterocycles. The monoisotopic (exact) mass is 398 g/mol.